The number of nitrogens with two attached hydrogens (primary N) is 3. The zero-order chi connectivity index (χ0) is 28.9. The average Bonchev–Trinajstić information content (AvgIpc) is 3.41. The van der Waals surface area contributed by atoms with E-state index in [2.05, 4.69) is 51.6 Å². The van der Waals surface area contributed by atoms with Crippen molar-refractivity contribution in [3.05, 3.63) is 48.0 Å². The van der Waals surface area contributed by atoms with Crippen molar-refractivity contribution in [3.8, 4) is 0 Å². The Morgan fingerprint density at radius 2 is 1.82 bits per heavy atom. The summed E-state index contributed by atoms with van der Waals surface area (Å²) in [6, 6.07) is 13.9. The molecular weight excluding hydrogens is 504 g/mol. The van der Waals surface area contributed by atoms with E-state index in [1.165, 1.54) is 23.3 Å². The van der Waals surface area contributed by atoms with Gasteiger partial charge in [0.05, 0.1) is 12.1 Å². The first-order chi connectivity index (χ1) is 19.3. The molecule has 0 aliphatic carbocycles. The number of unbranched alkanes of at least 4 members (excludes halogenated alkanes) is 1. The summed E-state index contributed by atoms with van der Waals surface area (Å²) in [6.45, 7) is 4.07. The fourth-order valence-corrected chi connectivity index (χ4v) is 5.64. The summed E-state index contributed by atoms with van der Waals surface area (Å²) in [5, 5.41) is 5.38. The summed E-state index contributed by atoms with van der Waals surface area (Å²) in [6.07, 6.45) is 5.93. The Morgan fingerprint density at radius 1 is 1.05 bits per heavy atom. The summed E-state index contributed by atoms with van der Waals surface area (Å²) >= 11 is 0. The molecule has 40 heavy (non-hydrogen) atoms. The number of aliphatic imine (C=N–C) groups is 1. The monoisotopic (exact) mass is 550 g/mol. The van der Waals surface area contributed by atoms with Crippen LogP contribution in [0.3, 0.4) is 0 Å². The Hall–Kier alpha value is -3.30. The number of Topliss-reactive ketones (excluding diaryl/α,β-unsaturated/α-hetero) is 2. The molecule has 0 bridgehead atoms. The fourth-order valence-electron chi connectivity index (χ4n) is 5.64. The van der Waals surface area contributed by atoms with Gasteiger partial charge in [-0.2, -0.15) is 0 Å². The molecule has 0 spiro atoms. The van der Waals surface area contributed by atoms with E-state index in [-0.39, 0.29) is 35.9 Å². The molecule has 7 N–H and O–H groups in total. The molecule has 0 unspecified atom stereocenters. The predicted octanol–water partition coefficient (Wildman–Crippen LogP) is 2.68. The van der Waals surface area contributed by atoms with Gasteiger partial charge in [0.15, 0.2) is 17.5 Å². The Morgan fingerprint density at radius 3 is 2.58 bits per heavy atom. The molecule has 9 nitrogen and oxygen atoms in total. The molecule has 1 saturated heterocycles. The van der Waals surface area contributed by atoms with E-state index >= 15 is 0 Å². The SMILES string of the molecule is CC(=O)[C@H](CCCN=C(N)N)NC(=O)[C@H](CCCCN)CC(=O)[C@@H]1CCCN1CCc1cccc2ccccc12. The van der Waals surface area contributed by atoms with E-state index in [9.17, 15) is 14.4 Å². The maximum absolute atomic E-state index is 13.6. The van der Waals surface area contributed by atoms with Crippen LogP contribution in [0.2, 0.25) is 0 Å². The van der Waals surface area contributed by atoms with Gasteiger partial charge in [-0.1, -0.05) is 48.9 Å². The molecule has 2 aromatic carbocycles. The lowest BCUT2D eigenvalue weighted by Crippen LogP contribution is -2.45. The van der Waals surface area contributed by atoms with Crippen molar-refractivity contribution < 1.29 is 14.4 Å². The number of hydrogen-bond acceptors (Lipinski definition) is 6. The lowest BCUT2D eigenvalue weighted by molar-refractivity contribution is -0.133. The van der Waals surface area contributed by atoms with Crippen LogP contribution < -0.4 is 22.5 Å². The summed E-state index contributed by atoms with van der Waals surface area (Å²) in [5.74, 6) is -0.747. The number of guanidine groups is 1. The summed E-state index contributed by atoms with van der Waals surface area (Å²) in [4.78, 5) is 45.4. The number of carbonyl (C=O) groups excluding carboxylic acids is 3. The summed E-state index contributed by atoms with van der Waals surface area (Å²) < 4.78 is 0. The Bertz CT molecular complexity index is 1160. The van der Waals surface area contributed by atoms with Gasteiger partial charge in [-0.3, -0.25) is 24.3 Å². The van der Waals surface area contributed by atoms with E-state index in [0.29, 0.717) is 32.4 Å². The van der Waals surface area contributed by atoms with Crippen LogP contribution in [0.5, 0.6) is 0 Å². The van der Waals surface area contributed by atoms with Gasteiger partial charge in [0.2, 0.25) is 5.91 Å². The van der Waals surface area contributed by atoms with Gasteiger partial charge in [-0.05, 0) is 81.3 Å². The molecule has 1 aliphatic rings. The predicted molar refractivity (Wildman–Crippen MR) is 161 cm³/mol. The second kappa shape index (κ2) is 16.1. The minimum absolute atomic E-state index is 0.0000306. The van der Waals surface area contributed by atoms with Crippen LogP contribution in [0.25, 0.3) is 10.8 Å². The van der Waals surface area contributed by atoms with Crippen LogP contribution in [0.1, 0.15) is 63.9 Å². The Balaban J connectivity index is 1.62. The second-order valence-electron chi connectivity index (χ2n) is 10.9. The highest BCUT2D eigenvalue weighted by Gasteiger charge is 2.33. The fraction of sp³-hybridized carbons (Fsp3) is 0.548. The maximum Gasteiger partial charge on any atom is 0.224 e. The van der Waals surface area contributed by atoms with E-state index < -0.39 is 12.0 Å². The second-order valence-corrected chi connectivity index (χ2v) is 10.9. The highest BCUT2D eigenvalue weighted by atomic mass is 16.2. The van der Waals surface area contributed by atoms with Crippen molar-refractivity contribution >= 4 is 34.2 Å². The third kappa shape index (κ3) is 9.41. The highest BCUT2D eigenvalue weighted by Crippen LogP contribution is 2.25. The zero-order valence-corrected chi connectivity index (χ0v) is 23.8. The molecule has 1 fully saturated rings. The van der Waals surface area contributed by atoms with Crippen LogP contribution in [0, 0.1) is 5.92 Å². The standard InChI is InChI=1S/C31H46N6O3/c1-22(38)27(14-7-18-35-31(33)34)36-30(40)25(10-4-5-17-32)21-29(39)28-15-8-19-37(28)20-16-24-12-6-11-23-9-2-3-13-26(23)24/h2-3,6,9,11-13,25,27-28H,4-5,7-8,10,14-21,32H2,1H3,(H,36,40)(H4,33,34,35)/t25-,27+,28+/m1/s1. The number of ketones is 2. The third-order valence-electron chi connectivity index (χ3n) is 7.86. The Kier molecular flexibility index (Phi) is 12.6. The average molecular weight is 551 g/mol. The van der Waals surface area contributed by atoms with E-state index in [4.69, 9.17) is 17.2 Å². The van der Waals surface area contributed by atoms with Crippen molar-refractivity contribution in [1.82, 2.24) is 10.2 Å². The number of nitrogens with zero attached hydrogens (tertiary/aromatic N) is 2. The van der Waals surface area contributed by atoms with Gasteiger partial charge < -0.3 is 22.5 Å². The molecule has 0 radical (unpaired) electrons. The number of rotatable bonds is 17. The van der Waals surface area contributed by atoms with Crippen LogP contribution in [0.15, 0.2) is 47.5 Å². The minimum Gasteiger partial charge on any atom is -0.370 e. The van der Waals surface area contributed by atoms with Gasteiger partial charge in [0.25, 0.3) is 0 Å². The lowest BCUT2D eigenvalue weighted by atomic mass is 9.91. The van der Waals surface area contributed by atoms with E-state index in [1.807, 2.05) is 6.07 Å². The smallest absolute Gasteiger partial charge is 0.224 e. The van der Waals surface area contributed by atoms with E-state index in [1.54, 1.807) is 0 Å². The van der Waals surface area contributed by atoms with Crippen molar-refractivity contribution in [3.63, 3.8) is 0 Å². The molecule has 3 atom stereocenters. The lowest BCUT2D eigenvalue weighted by Gasteiger charge is -2.26. The number of amides is 1. The van der Waals surface area contributed by atoms with Gasteiger partial charge in [-0.25, -0.2) is 0 Å². The summed E-state index contributed by atoms with van der Waals surface area (Å²) in [5.41, 5.74) is 17.7. The molecule has 1 amide bonds. The van der Waals surface area contributed by atoms with Gasteiger partial charge >= 0.3 is 0 Å². The van der Waals surface area contributed by atoms with Crippen LogP contribution >= 0.6 is 0 Å². The topological polar surface area (TPSA) is 157 Å². The van der Waals surface area contributed by atoms with Crippen LogP contribution in [-0.2, 0) is 20.8 Å². The first-order valence-electron chi connectivity index (χ1n) is 14.6. The van der Waals surface area contributed by atoms with Gasteiger partial charge in [0.1, 0.15) is 0 Å². The number of carbonyl (C=O) groups is 3. The molecule has 9 heteroatoms. The van der Waals surface area contributed by atoms with Crippen molar-refractivity contribution in [2.24, 2.45) is 28.1 Å². The van der Waals surface area contributed by atoms with Crippen molar-refractivity contribution in [2.75, 3.05) is 26.2 Å². The molecule has 3 rings (SSSR count). The Labute approximate surface area is 237 Å². The highest BCUT2D eigenvalue weighted by molar-refractivity contribution is 5.92. The molecule has 1 heterocycles. The first kappa shape index (κ1) is 31.2. The van der Waals surface area contributed by atoms with Crippen LogP contribution in [0.4, 0.5) is 0 Å². The maximum atomic E-state index is 13.6. The minimum atomic E-state index is -0.627. The largest absolute Gasteiger partial charge is 0.370 e. The normalized spacial score (nSPS) is 16.9. The number of fused-ring (bicyclic) bond motifs is 1. The van der Waals surface area contributed by atoms with Crippen molar-refractivity contribution in [1.29, 1.82) is 0 Å². The van der Waals surface area contributed by atoms with Crippen molar-refractivity contribution in [2.45, 2.75) is 76.8 Å². The quantitative estimate of drug-likeness (QED) is 0.134. The molecule has 2 aromatic rings. The van der Waals surface area contributed by atoms with Gasteiger partial charge in [-0.15, -0.1) is 0 Å². The molecular formula is C31H46N6O3. The molecule has 218 valence electrons. The summed E-state index contributed by atoms with van der Waals surface area (Å²) in [7, 11) is 0. The third-order valence-corrected chi connectivity index (χ3v) is 7.86. The molecule has 0 saturated carbocycles. The zero-order valence-electron chi connectivity index (χ0n) is 23.8. The van der Waals surface area contributed by atoms with Gasteiger partial charge in [0, 0.05) is 25.4 Å². The number of nitrogens with one attached hydrogen (secondary N) is 1. The first-order valence-corrected chi connectivity index (χ1v) is 14.6. The molecule has 0 aromatic heterocycles. The van der Waals surface area contributed by atoms with E-state index in [0.717, 1.165) is 45.2 Å². The molecule has 1 aliphatic heterocycles. The van der Waals surface area contributed by atoms with Crippen LogP contribution in [-0.4, -0.2) is 66.6 Å². The number of likely N-dealkylation sites (tertiary alicyclic amines) is 1. The number of benzene rings is 2. The number of hydrogen-bond donors (Lipinski definition) is 4.